The molecule has 0 heterocycles. The van der Waals surface area contributed by atoms with E-state index in [0.717, 1.165) is 0 Å². The van der Waals surface area contributed by atoms with Gasteiger partial charge in [-0.15, -0.1) is 0 Å². The molecule has 0 fully saturated rings. The van der Waals surface area contributed by atoms with Crippen LogP contribution in [0.4, 0.5) is 18.9 Å². The van der Waals surface area contributed by atoms with Gasteiger partial charge in [0.1, 0.15) is 11.6 Å². The molecule has 0 saturated heterocycles. The molecule has 3 aromatic rings. The van der Waals surface area contributed by atoms with E-state index in [9.17, 15) is 31.2 Å². The van der Waals surface area contributed by atoms with E-state index in [2.05, 4.69) is 10.6 Å². The first kappa shape index (κ1) is 40.9. The number of carboxylic acids is 1. The molecule has 0 bridgehead atoms. The normalized spacial score (nSPS) is 11.8. The van der Waals surface area contributed by atoms with Crippen molar-refractivity contribution in [3.63, 3.8) is 0 Å². The summed E-state index contributed by atoms with van der Waals surface area (Å²) < 4.78 is 75.1. The number of alkyl halides is 3. The average molecular weight is 725 g/mol. The maximum Gasteiger partial charge on any atom is 0.490 e. The Kier molecular flexibility index (Phi) is 14.6. The molecular formula is C33H39F3N4O9S. The third kappa shape index (κ3) is 12.3. The van der Waals surface area contributed by atoms with E-state index in [1.54, 1.807) is 42.5 Å². The van der Waals surface area contributed by atoms with Gasteiger partial charge in [0.2, 0.25) is 12.0 Å². The number of aliphatic carboxylic acids is 1. The number of carboxylic acid groups (broad SMARTS) is 1. The predicted octanol–water partition coefficient (Wildman–Crippen LogP) is 4.98. The Morgan fingerprint density at radius 3 is 2.08 bits per heavy atom. The van der Waals surface area contributed by atoms with E-state index in [1.807, 2.05) is 20.8 Å². The lowest BCUT2D eigenvalue weighted by Gasteiger charge is -2.22. The van der Waals surface area contributed by atoms with E-state index in [0.29, 0.717) is 46.2 Å². The fourth-order valence-electron chi connectivity index (χ4n) is 4.16. The van der Waals surface area contributed by atoms with Crippen molar-refractivity contribution in [2.45, 2.75) is 64.4 Å². The Morgan fingerprint density at radius 1 is 0.960 bits per heavy atom. The number of nitrogens with two attached hydrogens (primary N) is 1. The van der Waals surface area contributed by atoms with Gasteiger partial charge in [-0.1, -0.05) is 13.0 Å². The summed E-state index contributed by atoms with van der Waals surface area (Å²) in [5, 5.41) is 20.2. The van der Waals surface area contributed by atoms with E-state index < -0.39 is 34.0 Å². The summed E-state index contributed by atoms with van der Waals surface area (Å²) in [6.45, 7) is 8.70. The number of amides is 2. The number of ether oxygens (including phenoxy) is 3. The summed E-state index contributed by atoms with van der Waals surface area (Å²) in [7, 11) is -3.63. The number of hydrogen-bond acceptors (Lipinski definition) is 9. The quantitative estimate of drug-likeness (QED) is 0.111. The van der Waals surface area contributed by atoms with Gasteiger partial charge in [-0.25, -0.2) is 13.2 Å². The lowest BCUT2D eigenvalue weighted by molar-refractivity contribution is -0.192. The number of benzene rings is 3. The van der Waals surface area contributed by atoms with Crippen LogP contribution >= 0.6 is 0 Å². The van der Waals surface area contributed by atoms with Crippen LogP contribution in [0.3, 0.4) is 0 Å². The lowest BCUT2D eigenvalue weighted by atomic mass is 10.1. The smallest absolute Gasteiger partial charge is 0.490 e. The Hall–Kier alpha value is -5.32. The van der Waals surface area contributed by atoms with Crippen LogP contribution in [0.2, 0.25) is 0 Å². The van der Waals surface area contributed by atoms with Crippen LogP contribution in [-0.2, 0) is 30.8 Å². The van der Waals surface area contributed by atoms with Crippen molar-refractivity contribution in [1.82, 2.24) is 5.32 Å². The van der Waals surface area contributed by atoms with Gasteiger partial charge in [-0.05, 0) is 80.9 Å². The zero-order chi connectivity index (χ0) is 37.8. The van der Waals surface area contributed by atoms with Crippen LogP contribution in [0.15, 0.2) is 65.6 Å². The van der Waals surface area contributed by atoms with Crippen LogP contribution in [0.25, 0.3) is 0 Å². The zero-order valence-electron chi connectivity index (χ0n) is 27.9. The maximum atomic E-state index is 13.7. The number of nitrogen functional groups attached to an aromatic ring is 1. The van der Waals surface area contributed by atoms with E-state index >= 15 is 0 Å². The second-order valence-corrected chi connectivity index (χ2v) is 12.9. The highest BCUT2D eigenvalue weighted by Gasteiger charge is 2.38. The molecule has 272 valence electrons. The molecule has 1 unspecified atom stereocenters. The van der Waals surface area contributed by atoms with Crippen molar-refractivity contribution in [3.05, 3.63) is 77.4 Å². The number of hydrogen-bond donors (Lipinski definition) is 5. The molecule has 3 rings (SSSR count). The summed E-state index contributed by atoms with van der Waals surface area (Å²) in [6, 6.07) is 15.9. The molecule has 0 saturated carbocycles. The van der Waals surface area contributed by atoms with Gasteiger partial charge >= 0.3 is 12.1 Å². The summed E-state index contributed by atoms with van der Waals surface area (Å²) in [5.41, 5.74) is 7.22. The van der Waals surface area contributed by atoms with Crippen LogP contribution < -0.4 is 30.6 Å². The molecule has 13 nitrogen and oxygen atoms in total. The standard InChI is InChI=1S/C31H38N4O7S.C2HF3O2/c1-6-40-27-17-22(10-14-26(27)41-19(3)4)29(42-25-12-8-21(9-13-25)30(32)33)31(37)34-18-23-16-24(35-20(5)36)11-15-28(23)43(38,39)7-2;3-2(4,5)1(6)7/h8-17,19,29H,6-7,18H2,1-5H3,(H3,32,33)(H,34,37)(H,35,36);(H,6,7). The fourth-order valence-corrected chi connectivity index (χ4v) is 5.28. The van der Waals surface area contributed by atoms with E-state index in [-0.39, 0.29) is 35.0 Å². The van der Waals surface area contributed by atoms with Gasteiger partial charge in [-0.2, -0.15) is 13.2 Å². The molecule has 0 aliphatic heterocycles. The van der Waals surface area contributed by atoms with E-state index in [4.69, 9.17) is 35.3 Å². The molecule has 2 amide bonds. The van der Waals surface area contributed by atoms with Gasteiger partial charge in [0.15, 0.2) is 21.3 Å². The fraction of sp³-hybridized carbons (Fsp3) is 0.333. The van der Waals surface area contributed by atoms with Crippen molar-refractivity contribution >= 4 is 39.1 Å². The van der Waals surface area contributed by atoms with Crippen LogP contribution in [0, 0.1) is 5.41 Å². The second-order valence-electron chi connectivity index (χ2n) is 10.7. The molecule has 0 aromatic heterocycles. The number of anilines is 1. The molecule has 0 aliphatic rings. The number of halogens is 3. The summed E-state index contributed by atoms with van der Waals surface area (Å²) in [5.74, 6) is -2.60. The topological polar surface area (TPSA) is 207 Å². The Morgan fingerprint density at radius 2 is 1.58 bits per heavy atom. The number of carbonyl (C=O) groups is 3. The minimum absolute atomic E-state index is 0.0514. The van der Waals surface area contributed by atoms with Crippen LogP contribution in [-0.4, -0.2) is 61.8 Å². The minimum atomic E-state index is -5.08. The van der Waals surface area contributed by atoms with Gasteiger partial charge in [0.25, 0.3) is 5.91 Å². The highest BCUT2D eigenvalue weighted by molar-refractivity contribution is 7.91. The summed E-state index contributed by atoms with van der Waals surface area (Å²) >= 11 is 0. The lowest BCUT2D eigenvalue weighted by Crippen LogP contribution is -2.32. The molecule has 0 spiro atoms. The largest absolute Gasteiger partial charge is 0.490 e. The maximum absolute atomic E-state index is 13.7. The van der Waals surface area contributed by atoms with Gasteiger partial charge in [-0.3, -0.25) is 15.0 Å². The summed E-state index contributed by atoms with van der Waals surface area (Å²) in [4.78, 5) is 34.3. The highest BCUT2D eigenvalue weighted by Crippen LogP contribution is 2.33. The molecule has 3 aromatic carbocycles. The zero-order valence-corrected chi connectivity index (χ0v) is 28.7. The number of carbonyl (C=O) groups excluding carboxylic acids is 2. The second kappa shape index (κ2) is 17.9. The molecule has 50 heavy (non-hydrogen) atoms. The third-order valence-corrected chi connectivity index (χ3v) is 8.21. The summed E-state index contributed by atoms with van der Waals surface area (Å²) in [6.07, 6.45) is -6.37. The van der Waals surface area contributed by atoms with Crippen LogP contribution in [0.5, 0.6) is 17.2 Å². The molecule has 0 radical (unpaired) electrons. The average Bonchev–Trinajstić information content (AvgIpc) is 3.03. The molecule has 17 heteroatoms. The molecule has 0 aliphatic carbocycles. The molecular weight excluding hydrogens is 685 g/mol. The molecule has 1 atom stereocenters. The van der Waals surface area contributed by atoms with Crippen molar-refractivity contribution in [3.8, 4) is 17.2 Å². The first-order valence-corrected chi connectivity index (χ1v) is 16.7. The third-order valence-electron chi connectivity index (χ3n) is 6.38. The highest BCUT2D eigenvalue weighted by atomic mass is 32.2. The SMILES string of the molecule is CCOc1cc(C(Oc2ccc(C(=N)N)cc2)C(=O)NCc2cc(NC(C)=O)ccc2S(=O)(=O)CC)ccc1OC(C)C.O=C(O)C(F)(F)F. The monoisotopic (exact) mass is 724 g/mol. The Labute approximate surface area is 287 Å². The van der Waals surface area contributed by atoms with Crippen molar-refractivity contribution < 1.29 is 55.3 Å². The van der Waals surface area contributed by atoms with Gasteiger partial charge < -0.3 is 35.7 Å². The van der Waals surface area contributed by atoms with Crippen molar-refractivity contribution in [2.24, 2.45) is 5.73 Å². The van der Waals surface area contributed by atoms with Crippen molar-refractivity contribution in [1.29, 1.82) is 5.41 Å². The minimum Gasteiger partial charge on any atom is -0.490 e. The Balaban J connectivity index is 0.00000112. The van der Waals surface area contributed by atoms with Crippen molar-refractivity contribution in [2.75, 3.05) is 17.7 Å². The number of rotatable bonds is 14. The number of sulfone groups is 1. The van der Waals surface area contributed by atoms with E-state index in [1.165, 1.54) is 32.0 Å². The number of nitrogens with one attached hydrogen (secondary N) is 3. The van der Waals surface area contributed by atoms with Gasteiger partial charge in [0, 0.05) is 30.3 Å². The predicted molar refractivity (Wildman–Crippen MR) is 178 cm³/mol. The molecule has 6 N–H and O–H groups in total. The number of amidine groups is 1. The van der Waals surface area contributed by atoms with Crippen LogP contribution in [0.1, 0.15) is 57.4 Å². The van der Waals surface area contributed by atoms with Gasteiger partial charge in [0.05, 0.1) is 23.4 Å². The first-order chi connectivity index (χ1) is 23.3. The first-order valence-electron chi connectivity index (χ1n) is 15.0. The Bertz CT molecular complexity index is 1780.